The van der Waals surface area contributed by atoms with Crippen LogP contribution in [0, 0.1) is 0 Å². The number of ketones is 1. The van der Waals surface area contributed by atoms with Crippen LogP contribution in [0.4, 0.5) is 0 Å². The highest BCUT2D eigenvalue weighted by molar-refractivity contribution is 6.15. The predicted octanol–water partition coefficient (Wildman–Crippen LogP) is 5.53. The van der Waals surface area contributed by atoms with Crippen LogP contribution in [-0.2, 0) is 6.54 Å². The van der Waals surface area contributed by atoms with Gasteiger partial charge >= 0.3 is 0 Å². The Kier molecular flexibility index (Phi) is 6.32. The van der Waals surface area contributed by atoms with E-state index in [1.165, 1.54) is 5.56 Å². The molecule has 6 nitrogen and oxygen atoms in total. The zero-order valence-corrected chi connectivity index (χ0v) is 19.2. The zero-order valence-electron chi connectivity index (χ0n) is 19.2. The van der Waals surface area contributed by atoms with Crippen molar-refractivity contribution in [1.29, 1.82) is 0 Å². The Morgan fingerprint density at radius 1 is 1.18 bits per heavy atom. The van der Waals surface area contributed by atoms with E-state index in [2.05, 4.69) is 16.0 Å². The molecule has 2 aliphatic rings. The summed E-state index contributed by atoms with van der Waals surface area (Å²) in [5.41, 5.74) is 3.15. The van der Waals surface area contributed by atoms with E-state index in [9.17, 15) is 9.90 Å². The van der Waals surface area contributed by atoms with Gasteiger partial charge < -0.3 is 14.6 Å². The van der Waals surface area contributed by atoms with Gasteiger partial charge in [-0.3, -0.25) is 14.7 Å². The number of hydrogen-bond donors (Lipinski definition) is 1. The SMILES string of the molecule is CCOc1ccc(/C=C2\Oc3c(ccc(O)c3CN3CCCC[C@H]3c3cccnc3)C2=O)cc1. The molecule has 2 aliphatic heterocycles. The Bertz CT molecular complexity index is 1210. The fourth-order valence-corrected chi connectivity index (χ4v) is 4.76. The van der Waals surface area contributed by atoms with Crippen LogP contribution in [0.15, 0.2) is 66.7 Å². The van der Waals surface area contributed by atoms with E-state index >= 15 is 0 Å². The van der Waals surface area contributed by atoms with Crippen LogP contribution in [-0.4, -0.2) is 33.9 Å². The van der Waals surface area contributed by atoms with E-state index in [0.29, 0.717) is 30.0 Å². The van der Waals surface area contributed by atoms with Gasteiger partial charge in [0, 0.05) is 25.0 Å². The lowest BCUT2D eigenvalue weighted by Crippen LogP contribution is -2.33. The molecule has 1 saturated heterocycles. The highest BCUT2D eigenvalue weighted by atomic mass is 16.5. The van der Waals surface area contributed by atoms with Crippen LogP contribution >= 0.6 is 0 Å². The number of phenolic OH excluding ortho intramolecular Hbond substituents is 1. The molecule has 0 aliphatic carbocycles. The summed E-state index contributed by atoms with van der Waals surface area (Å²) in [6.45, 7) is 3.94. The first-order chi connectivity index (χ1) is 16.6. The lowest BCUT2D eigenvalue weighted by Gasteiger charge is -2.36. The number of fused-ring (bicyclic) bond motifs is 1. The smallest absolute Gasteiger partial charge is 0.231 e. The maximum Gasteiger partial charge on any atom is 0.231 e. The van der Waals surface area contributed by atoms with Gasteiger partial charge in [0.1, 0.15) is 17.2 Å². The highest BCUT2D eigenvalue weighted by Gasteiger charge is 2.33. The van der Waals surface area contributed by atoms with Crippen LogP contribution < -0.4 is 9.47 Å². The van der Waals surface area contributed by atoms with Crippen molar-refractivity contribution in [3.63, 3.8) is 0 Å². The first-order valence-electron chi connectivity index (χ1n) is 11.8. The van der Waals surface area contributed by atoms with E-state index in [1.807, 2.05) is 43.5 Å². The average Bonchev–Trinajstić information content (AvgIpc) is 3.18. The molecular weight excluding hydrogens is 428 g/mol. The van der Waals surface area contributed by atoms with Crippen molar-refractivity contribution in [3.8, 4) is 17.2 Å². The lowest BCUT2D eigenvalue weighted by atomic mass is 9.95. The number of phenols is 1. The number of Topliss-reactive ketones (excluding diaryl/α,β-unsaturated/α-hetero) is 1. The molecule has 0 spiro atoms. The molecule has 1 aromatic heterocycles. The number of rotatable bonds is 6. The summed E-state index contributed by atoms with van der Waals surface area (Å²) in [5.74, 6) is 1.46. The summed E-state index contributed by atoms with van der Waals surface area (Å²) in [7, 11) is 0. The molecule has 3 aromatic rings. The van der Waals surface area contributed by atoms with E-state index in [-0.39, 0.29) is 23.3 Å². The second-order valence-electron chi connectivity index (χ2n) is 8.65. The summed E-state index contributed by atoms with van der Waals surface area (Å²) >= 11 is 0. The zero-order chi connectivity index (χ0) is 23.5. The predicted molar refractivity (Wildman–Crippen MR) is 130 cm³/mol. The second-order valence-corrected chi connectivity index (χ2v) is 8.65. The number of aromatic hydroxyl groups is 1. The van der Waals surface area contributed by atoms with Crippen molar-refractivity contribution in [1.82, 2.24) is 9.88 Å². The summed E-state index contributed by atoms with van der Waals surface area (Å²) in [5, 5.41) is 10.7. The largest absolute Gasteiger partial charge is 0.507 e. The molecule has 34 heavy (non-hydrogen) atoms. The fourth-order valence-electron chi connectivity index (χ4n) is 4.76. The van der Waals surface area contributed by atoms with E-state index < -0.39 is 0 Å². The average molecular weight is 457 g/mol. The number of piperidine rings is 1. The minimum Gasteiger partial charge on any atom is -0.507 e. The van der Waals surface area contributed by atoms with Crippen LogP contribution in [0.5, 0.6) is 17.2 Å². The first kappa shape index (κ1) is 22.2. The van der Waals surface area contributed by atoms with Gasteiger partial charge in [0.25, 0.3) is 0 Å². The minimum atomic E-state index is -0.174. The maximum absolute atomic E-state index is 13.1. The number of carbonyl (C=O) groups is 1. The lowest BCUT2D eigenvalue weighted by molar-refractivity contribution is 0.101. The van der Waals surface area contributed by atoms with E-state index in [4.69, 9.17) is 9.47 Å². The Morgan fingerprint density at radius 3 is 2.79 bits per heavy atom. The molecular formula is C28H28N2O4. The van der Waals surface area contributed by atoms with Gasteiger partial charge in [-0.1, -0.05) is 24.6 Å². The number of ether oxygens (including phenoxy) is 2. The number of allylic oxidation sites excluding steroid dienone is 1. The molecule has 5 rings (SSSR count). The summed E-state index contributed by atoms with van der Waals surface area (Å²) in [6, 6.07) is 15.0. The number of likely N-dealkylation sites (tertiary alicyclic amines) is 1. The quantitative estimate of drug-likeness (QED) is 0.492. The van der Waals surface area contributed by atoms with Crippen LogP contribution in [0.1, 0.15) is 59.3 Å². The maximum atomic E-state index is 13.1. The number of carbonyl (C=O) groups excluding carboxylic acids is 1. The van der Waals surface area contributed by atoms with Gasteiger partial charge in [0.05, 0.1) is 17.7 Å². The van der Waals surface area contributed by atoms with Crippen LogP contribution in [0.2, 0.25) is 0 Å². The molecule has 1 N–H and O–H groups in total. The molecule has 0 bridgehead atoms. The third-order valence-corrected chi connectivity index (χ3v) is 6.45. The summed E-state index contributed by atoms with van der Waals surface area (Å²) < 4.78 is 11.6. The van der Waals surface area contributed by atoms with Crippen molar-refractivity contribution in [3.05, 3.63) is 88.9 Å². The molecule has 0 saturated carbocycles. The Labute approximate surface area is 199 Å². The third-order valence-electron chi connectivity index (χ3n) is 6.45. The van der Waals surface area contributed by atoms with Crippen LogP contribution in [0.25, 0.3) is 6.08 Å². The number of hydrogen-bond acceptors (Lipinski definition) is 6. The third kappa shape index (κ3) is 4.41. The number of benzene rings is 2. The molecule has 6 heteroatoms. The van der Waals surface area contributed by atoms with Crippen molar-refractivity contribution >= 4 is 11.9 Å². The monoisotopic (exact) mass is 456 g/mol. The topological polar surface area (TPSA) is 71.9 Å². The summed E-state index contributed by atoms with van der Waals surface area (Å²) in [6.07, 6.45) is 8.71. The Balaban J connectivity index is 1.42. The Hall–Kier alpha value is -3.64. The van der Waals surface area contributed by atoms with Crippen molar-refractivity contribution in [2.45, 2.75) is 38.8 Å². The van der Waals surface area contributed by atoms with Gasteiger partial charge in [0.2, 0.25) is 5.78 Å². The van der Waals surface area contributed by atoms with Crippen LogP contribution in [0.3, 0.4) is 0 Å². The molecule has 0 amide bonds. The molecule has 2 aromatic carbocycles. The highest BCUT2D eigenvalue weighted by Crippen LogP contribution is 2.42. The normalized spacial score (nSPS) is 19.1. The number of aromatic nitrogens is 1. The fraction of sp³-hybridized carbons (Fsp3) is 0.286. The molecule has 0 radical (unpaired) electrons. The molecule has 3 heterocycles. The van der Waals surface area contributed by atoms with Gasteiger partial charge in [-0.05, 0) is 73.8 Å². The van der Waals surface area contributed by atoms with Gasteiger partial charge in [0.15, 0.2) is 5.76 Å². The van der Waals surface area contributed by atoms with Gasteiger partial charge in [-0.25, -0.2) is 0 Å². The standard InChI is InChI=1S/C28H28N2O4/c1-2-33-21-10-8-19(9-11-21)16-26-27(32)22-12-13-25(31)23(28(22)34-26)18-30-15-4-3-7-24(30)20-6-5-14-29-17-20/h5-6,8-14,16-17,24,31H,2-4,7,15,18H2,1H3/b26-16-/t24-/m0/s1. The molecule has 1 atom stereocenters. The first-order valence-corrected chi connectivity index (χ1v) is 11.8. The molecule has 174 valence electrons. The van der Waals surface area contributed by atoms with Gasteiger partial charge in [-0.15, -0.1) is 0 Å². The Morgan fingerprint density at radius 2 is 2.03 bits per heavy atom. The van der Waals surface area contributed by atoms with Gasteiger partial charge in [-0.2, -0.15) is 0 Å². The van der Waals surface area contributed by atoms with E-state index in [0.717, 1.165) is 37.1 Å². The molecule has 1 fully saturated rings. The summed E-state index contributed by atoms with van der Waals surface area (Å²) in [4.78, 5) is 19.7. The minimum absolute atomic E-state index is 0.143. The van der Waals surface area contributed by atoms with E-state index in [1.54, 1.807) is 24.4 Å². The number of nitrogens with zero attached hydrogens (tertiary/aromatic N) is 2. The van der Waals surface area contributed by atoms with Crippen molar-refractivity contribution in [2.24, 2.45) is 0 Å². The van der Waals surface area contributed by atoms with Crippen molar-refractivity contribution in [2.75, 3.05) is 13.2 Å². The second kappa shape index (κ2) is 9.69. The number of pyridine rings is 1. The molecule has 0 unspecified atom stereocenters. The van der Waals surface area contributed by atoms with Crippen molar-refractivity contribution < 1.29 is 19.4 Å².